The van der Waals surface area contributed by atoms with Crippen LogP contribution in [-0.4, -0.2) is 76.9 Å². The molecule has 1 saturated heterocycles. The van der Waals surface area contributed by atoms with Crippen LogP contribution in [0.4, 0.5) is 4.79 Å². The van der Waals surface area contributed by atoms with E-state index in [1.165, 1.54) is 28.5 Å². The Labute approximate surface area is 184 Å². The van der Waals surface area contributed by atoms with Crippen LogP contribution in [0, 0.1) is 5.41 Å². The minimum atomic E-state index is -1.04. The van der Waals surface area contributed by atoms with Crippen molar-refractivity contribution in [1.82, 2.24) is 9.88 Å². The molecule has 8 nitrogen and oxygen atoms in total. The molecule has 1 amide bonds. The van der Waals surface area contributed by atoms with Crippen molar-refractivity contribution in [2.24, 2.45) is 5.41 Å². The average Bonchev–Trinajstić information content (AvgIpc) is 3.30. The molecule has 1 aromatic rings. The first-order chi connectivity index (χ1) is 14.4. The van der Waals surface area contributed by atoms with E-state index in [0.717, 1.165) is 32.1 Å². The molecule has 1 aromatic heterocycles. The summed E-state index contributed by atoms with van der Waals surface area (Å²) in [7, 11) is 1.69. The second-order valence-electron chi connectivity index (χ2n) is 7.63. The summed E-state index contributed by atoms with van der Waals surface area (Å²) >= 11 is 2.69. The standard InChI is InChI=1S/C20H28N2O6S2/c1-27-10-3-8-20(6-2-7-20)16(23)5-4-14-12-28-19(26)22(14)9-11-29-18-21-15(13-30-18)17(24)25/h4-5,13-14,16,23H,2-3,6-12H2,1H3,(H,24,25). The summed E-state index contributed by atoms with van der Waals surface area (Å²) in [6.45, 7) is 1.42. The molecule has 2 N–H and O–H groups in total. The second kappa shape index (κ2) is 10.6. The number of aliphatic hydroxyl groups is 1. The molecule has 3 rings (SSSR count). The number of hydrogen-bond donors (Lipinski definition) is 2. The number of thioether (sulfide) groups is 1. The fourth-order valence-corrected chi connectivity index (χ4v) is 5.67. The number of carboxylic acids is 1. The zero-order chi connectivity index (χ0) is 21.6. The Morgan fingerprint density at radius 2 is 2.37 bits per heavy atom. The minimum Gasteiger partial charge on any atom is -0.476 e. The number of aromatic carboxylic acids is 1. The monoisotopic (exact) mass is 456 g/mol. The van der Waals surface area contributed by atoms with Crippen molar-refractivity contribution in [3.8, 4) is 0 Å². The van der Waals surface area contributed by atoms with Gasteiger partial charge in [0.15, 0.2) is 10.0 Å². The molecule has 30 heavy (non-hydrogen) atoms. The Morgan fingerprint density at radius 1 is 1.57 bits per heavy atom. The van der Waals surface area contributed by atoms with Gasteiger partial charge >= 0.3 is 12.1 Å². The molecule has 1 saturated carbocycles. The number of ether oxygens (including phenoxy) is 2. The summed E-state index contributed by atoms with van der Waals surface area (Å²) in [6, 6.07) is -0.213. The quantitative estimate of drug-likeness (QED) is 0.280. The van der Waals surface area contributed by atoms with Crippen molar-refractivity contribution in [2.45, 2.75) is 48.6 Å². The van der Waals surface area contributed by atoms with Gasteiger partial charge in [-0.2, -0.15) is 0 Å². The highest BCUT2D eigenvalue weighted by Gasteiger charge is 2.42. The number of aromatic nitrogens is 1. The Bertz CT molecular complexity index is 764. The number of amides is 1. The predicted molar refractivity (Wildman–Crippen MR) is 114 cm³/mol. The van der Waals surface area contributed by atoms with E-state index in [0.29, 0.717) is 23.2 Å². The molecular weight excluding hydrogens is 428 g/mol. The smallest absolute Gasteiger partial charge is 0.410 e. The topological polar surface area (TPSA) is 109 Å². The minimum absolute atomic E-state index is 0.0355. The van der Waals surface area contributed by atoms with E-state index in [4.69, 9.17) is 14.6 Å². The zero-order valence-electron chi connectivity index (χ0n) is 17.0. The summed E-state index contributed by atoms with van der Waals surface area (Å²) in [4.78, 5) is 28.7. The molecule has 1 aliphatic carbocycles. The third-order valence-corrected chi connectivity index (χ3v) is 7.79. The number of rotatable bonds is 12. The predicted octanol–water partition coefficient (Wildman–Crippen LogP) is 3.27. The number of aliphatic hydroxyl groups excluding tert-OH is 1. The van der Waals surface area contributed by atoms with E-state index >= 15 is 0 Å². The van der Waals surface area contributed by atoms with Gasteiger partial charge in [-0.25, -0.2) is 14.6 Å². The molecule has 0 aromatic carbocycles. The molecule has 2 atom stereocenters. The molecule has 0 bridgehead atoms. The Hall–Kier alpha value is -1.62. The fraction of sp³-hybridized carbons (Fsp3) is 0.650. The van der Waals surface area contributed by atoms with E-state index in [1.807, 2.05) is 12.2 Å². The van der Waals surface area contributed by atoms with Gasteiger partial charge in [0, 0.05) is 31.4 Å². The molecule has 0 spiro atoms. The SMILES string of the molecule is COCCCC1(C(O)C=CC2COC(=O)N2CCSc2nc(C(=O)O)cs2)CCC1. The van der Waals surface area contributed by atoms with Gasteiger partial charge in [-0.3, -0.25) is 4.90 Å². The highest BCUT2D eigenvalue weighted by Crippen LogP contribution is 2.48. The zero-order valence-corrected chi connectivity index (χ0v) is 18.6. The number of hydrogen-bond acceptors (Lipinski definition) is 8. The van der Waals surface area contributed by atoms with Crippen LogP contribution in [0.3, 0.4) is 0 Å². The Morgan fingerprint density at radius 3 is 3.00 bits per heavy atom. The number of methoxy groups -OCH3 is 1. The highest BCUT2D eigenvalue weighted by atomic mass is 32.2. The van der Waals surface area contributed by atoms with Crippen molar-refractivity contribution in [3.05, 3.63) is 23.2 Å². The number of carbonyl (C=O) groups is 2. The molecule has 2 aliphatic rings. The summed E-state index contributed by atoms with van der Waals surface area (Å²) in [5, 5.41) is 21.2. The van der Waals surface area contributed by atoms with E-state index < -0.39 is 12.1 Å². The largest absolute Gasteiger partial charge is 0.476 e. The van der Waals surface area contributed by atoms with Crippen molar-refractivity contribution in [3.63, 3.8) is 0 Å². The first-order valence-corrected chi connectivity index (χ1v) is 11.9. The number of thiazole rings is 1. The summed E-state index contributed by atoms with van der Waals surface area (Å²) < 4.78 is 11.0. The normalized spacial score (nSPS) is 21.6. The van der Waals surface area contributed by atoms with Crippen LogP contribution < -0.4 is 0 Å². The maximum atomic E-state index is 12.1. The van der Waals surface area contributed by atoms with Gasteiger partial charge < -0.3 is 19.7 Å². The highest BCUT2D eigenvalue weighted by molar-refractivity contribution is 8.01. The van der Waals surface area contributed by atoms with Crippen molar-refractivity contribution in [1.29, 1.82) is 0 Å². The van der Waals surface area contributed by atoms with Gasteiger partial charge in [-0.1, -0.05) is 30.3 Å². The fourth-order valence-electron chi connectivity index (χ4n) is 3.87. The van der Waals surface area contributed by atoms with Crippen LogP contribution in [-0.2, 0) is 9.47 Å². The molecule has 2 unspecified atom stereocenters. The number of carboxylic acid groups (broad SMARTS) is 1. The molecule has 2 heterocycles. The van der Waals surface area contributed by atoms with Crippen molar-refractivity contribution in [2.75, 3.05) is 32.6 Å². The van der Waals surface area contributed by atoms with Gasteiger partial charge in [-0.05, 0) is 31.1 Å². The molecule has 166 valence electrons. The molecule has 10 heteroatoms. The van der Waals surface area contributed by atoms with E-state index in [-0.39, 0.29) is 29.9 Å². The van der Waals surface area contributed by atoms with Gasteiger partial charge in [-0.15, -0.1) is 11.3 Å². The number of carbonyl (C=O) groups excluding carboxylic acids is 1. The van der Waals surface area contributed by atoms with Crippen LogP contribution in [0.25, 0.3) is 0 Å². The summed E-state index contributed by atoms with van der Waals surface area (Å²) in [5.74, 6) is -0.466. The lowest BCUT2D eigenvalue weighted by molar-refractivity contribution is -0.0183. The van der Waals surface area contributed by atoms with Crippen LogP contribution >= 0.6 is 23.1 Å². The number of nitrogens with zero attached hydrogens (tertiary/aromatic N) is 2. The van der Waals surface area contributed by atoms with E-state index in [9.17, 15) is 14.7 Å². The third kappa shape index (κ3) is 5.54. The van der Waals surface area contributed by atoms with Crippen LogP contribution in [0.15, 0.2) is 21.9 Å². The summed E-state index contributed by atoms with van der Waals surface area (Å²) in [5.41, 5.74) is -0.0420. The average molecular weight is 457 g/mol. The number of cyclic esters (lactones) is 1. The van der Waals surface area contributed by atoms with Crippen molar-refractivity contribution < 1.29 is 29.3 Å². The molecular formula is C20H28N2O6S2. The maximum absolute atomic E-state index is 12.1. The first-order valence-electron chi connectivity index (χ1n) is 10.1. The van der Waals surface area contributed by atoms with Gasteiger partial charge in [0.1, 0.15) is 6.61 Å². The van der Waals surface area contributed by atoms with Gasteiger partial charge in [0.25, 0.3) is 0 Å². The van der Waals surface area contributed by atoms with E-state index in [1.54, 1.807) is 12.0 Å². The maximum Gasteiger partial charge on any atom is 0.410 e. The van der Waals surface area contributed by atoms with Crippen LogP contribution in [0.1, 0.15) is 42.6 Å². The first kappa shape index (κ1) is 23.1. The van der Waals surface area contributed by atoms with Gasteiger partial charge in [0.2, 0.25) is 0 Å². The lowest BCUT2D eigenvalue weighted by Crippen LogP contribution is -2.41. The molecule has 0 radical (unpaired) electrons. The van der Waals surface area contributed by atoms with Crippen LogP contribution in [0.5, 0.6) is 0 Å². The van der Waals surface area contributed by atoms with Crippen LogP contribution in [0.2, 0.25) is 0 Å². The van der Waals surface area contributed by atoms with Crippen molar-refractivity contribution >= 4 is 35.2 Å². The Balaban J connectivity index is 1.51. The van der Waals surface area contributed by atoms with Gasteiger partial charge in [0.05, 0.1) is 12.1 Å². The Kier molecular flexibility index (Phi) is 8.15. The third-order valence-electron chi connectivity index (χ3n) is 5.79. The molecule has 1 aliphatic heterocycles. The lowest BCUT2D eigenvalue weighted by Gasteiger charge is -2.45. The second-order valence-corrected chi connectivity index (χ2v) is 9.83. The van der Waals surface area contributed by atoms with E-state index in [2.05, 4.69) is 4.98 Å². The summed E-state index contributed by atoms with van der Waals surface area (Å²) in [6.07, 6.45) is 7.79. The lowest BCUT2D eigenvalue weighted by atomic mass is 9.62. The molecule has 2 fully saturated rings.